The molecule has 1 aromatic heterocycles. The van der Waals surface area contributed by atoms with Crippen molar-refractivity contribution in [1.82, 2.24) is 9.97 Å². The third-order valence-electron chi connectivity index (χ3n) is 4.07. The summed E-state index contributed by atoms with van der Waals surface area (Å²) >= 11 is 6.31. The summed E-state index contributed by atoms with van der Waals surface area (Å²) in [5.74, 6) is 3.41. The first-order valence-electron chi connectivity index (χ1n) is 7.37. The molecular weight excluding hydrogens is 258 g/mol. The molecule has 0 amide bonds. The van der Waals surface area contributed by atoms with E-state index < -0.39 is 0 Å². The molecule has 2 aliphatic rings. The molecule has 0 N–H and O–H groups in total. The molecule has 0 bridgehead atoms. The van der Waals surface area contributed by atoms with Crippen molar-refractivity contribution in [2.75, 3.05) is 11.4 Å². The molecule has 4 heteroatoms. The molecule has 2 aliphatic carbocycles. The molecule has 0 atom stereocenters. The highest BCUT2D eigenvalue weighted by atomic mass is 35.5. The quantitative estimate of drug-likeness (QED) is 0.765. The summed E-state index contributed by atoms with van der Waals surface area (Å²) < 4.78 is 0. The first kappa shape index (κ1) is 13.2. The van der Waals surface area contributed by atoms with Crippen LogP contribution in [0.15, 0.2) is 0 Å². The molecule has 0 aliphatic heterocycles. The Morgan fingerprint density at radius 2 is 1.89 bits per heavy atom. The number of hydrogen-bond donors (Lipinski definition) is 0. The molecule has 0 spiro atoms. The molecule has 2 saturated carbocycles. The Hall–Kier alpha value is -0.830. The third kappa shape index (κ3) is 2.86. The van der Waals surface area contributed by atoms with E-state index in [-0.39, 0.29) is 0 Å². The monoisotopic (exact) mass is 279 g/mol. The largest absolute Gasteiger partial charge is 0.354 e. The van der Waals surface area contributed by atoms with E-state index in [9.17, 15) is 0 Å². The molecule has 0 radical (unpaired) electrons. The average Bonchev–Trinajstić information content (AvgIpc) is 3.23. The second-order valence-electron chi connectivity index (χ2n) is 6.28. The van der Waals surface area contributed by atoms with Crippen LogP contribution in [-0.4, -0.2) is 22.6 Å². The average molecular weight is 280 g/mol. The lowest BCUT2D eigenvalue weighted by Crippen LogP contribution is -2.34. The van der Waals surface area contributed by atoms with Gasteiger partial charge in [-0.15, -0.1) is 0 Å². The number of aromatic nitrogens is 2. The molecule has 2 fully saturated rings. The minimum atomic E-state index is 0.456. The van der Waals surface area contributed by atoms with Crippen LogP contribution in [0.2, 0.25) is 5.15 Å². The predicted octanol–water partition coefficient (Wildman–Crippen LogP) is 3.94. The summed E-state index contributed by atoms with van der Waals surface area (Å²) in [6.07, 6.45) is 5.14. The fourth-order valence-electron chi connectivity index (χ4n) is 2.42. The Kier molecular flexibility index (Phi) is 3.42. The van der Waals surface area contributed by atoms with Gasteiger partial charge in [-0.05, 0) is 52.4 Å². The van der Waals surface area contributed by atoms with Gasteiger partial charge in [0.05, 0.1) is 0 Å². The number of anilines is 1. The van der Waals surface area contributed by atoms with Gasteiger partial charge in [0.25, 0.3) is 0 Å². The normalized spacial score (nSPS) is 19.0. The minimum Gasteiger partial charge on any atom is -0.354 e. The van der Waals surface area contributed by atoms with Crippen LogP contribution in [0.4, 0.5) is 5.82 Å². The molecule has 0 unspecified atom stereocenters. The predicted molar refractivity (Wildman–Crippen MR) is 79.0 cm³/mol. The van der Waals surface area contributed by atoms with E-state index in [1.807, 2.05) is 6.92 Å². The first-order valence-corrected chi connectivity index (χ1v) is 7.74. The minimum absolute atomic E-state index is 0.456. The fraction of sp³-hybridized carbons (Fsp3) is 0.733. The van der Waals surface area contributed by atoms with Crippen molar-refractivity contribution in [2.45, 2.75) is 58.4 Å². The number of hydrogen-bond acceptors (Lipinski definition) is 3. The van der Waals surface area contributed by atoms with Gasteiger partial charge in [-0.25, -0.2) is 9.97 Å². The third-order valence-corrected chi connectivity index (χ3v) is 4.44. The van der Waals surface area contributed by atoms with Crippen molar-refractivity contribution < 1.29 is 0 Å². The van der Waals surface area contributed by atoms with Crippen LogP contribution >= 0.6 is 11.6 Å². The molecule has 1 aromatic rings. The van der Waals surface area contributed by atoms with E-state index in [0.29, 0.717) is 17.1 Å². The molecule has 19 heavy (non-hydrogen) atoms. The van der Waals surface area contributed by atoms with Gasteiger partial charge in [-0.3, -0.25) is 0 Å². The van der Waals surface area contributed by atoms with Crippen LogP contribution in [0.5, 0.6) is 0 Å². The molecule has 104 valence electrons. The molecular formula is C15H22ClN3. The van der Waals surface area contributed by atoms with Crippen molar-refractivity contribution in [3.8, 4) is 0 Å². The van der Waals surface area contributed by atoms with Gasteiger partial charge < -0.3 is 4.90 Å². The Balaban J connectivity index is 1.94. The second-order valence-corrected chi connectivity index (χ2v) is 6.64. The summed E-state index contributed by atoms with van der Waals surface area (Å²) in [5, 5.41) is 0.633. The lowest BCUT2D eigenvalue weighted by molar-refractivity contribution is 0.631. The maximum absolute atomic E-state index is 6.31. The van der Waals surface area contributed by atoms with Gasteiger partial charge in [0.2, 0.25) is 0 Å². The summed E-state index contributed by atoms with van der Waals surface area (Å²) in [6.45, 7) is 7.61. The topological polar surface area (TPSA) is 29.0 Å². The summed E-state index contributed by atoms with van der Waals surface area (Å²) in [7, 11) is 0. The number of halogens is 1. The molecule has 0 saturated heterocycles. The highest BCUT2D eigenvalue weighted by molar-refractivity contribution is 6.30. The zero-order valence-corrected chi connectivity index (χ0v) is 12.7. The molecule has 3 rings (SSSR count). The van der Waals surface area contributed by atoms with Crippen molar-refractivity contribution >= 4 is 17.4 Å². The lowest BCUT2D eigenvalue weighted by Gasteiger charge is -2.29. The zero-order valence-electron chi connectivity index (χ0n) is 12.0. The smallest absolute Gasteiger partial charge is 0.137 e. The van der Waals surface area contributed by atoms with Crippen LogP contribution < -0.4 is 4.90 Å². The van der Waals surface area contributed by atoms with E-state index in [1.54, 1.807) is 0 Å². The van der Waals surface area contributed by atoms with E-state index in [1.165, 1.54) is 25.7 Å². The molecule has 3 nitrogen and oxygen atoms in total. The highest BCUT2D eigenvalue weighted by Gasteiger charge is 2.31. The van der Waals surface area contributed by atoms with Crippen molar-refractivity contribution in [3.63, 3.8) is 0 Å². The van der Waals surface area contributed by atoms with Crippen LogP contribution in [-0.2, 0) is 0 Å². The van der Waals surface area contributed by atoms with Gasteiger partial charge in [0, 0.05) is 24.1 Å². The van der Waals surface area contributed by atoms with Crippen molar-refractivity contribution in [1.29, 1.82) is 0 Å². The summed E-state index contributed by atoms with van der Waals surface area (Å²) in [4.78, 5) is 11.7. The molecule has 1 heterocycles. The van der Waals surface area contributed by atoms with Crippen LogP contribution in [0.1, 0.15) is 56.8 Å². The number of nitrogens with zero attached hydrogens (tertiary/aromatic N) is 3. The van der Waals surface area contributed by atoms with Crippen molar-refractivity contribution in [2.24, 2.45) is 5.92 Å². The second kappa shape index (κ2) is 4.93. The van der Waals surface area contributed by atoms with Crippen molar-refractivity contribution in [3.05, 3.63) is 16.5 Å². The Bertz CT molecular complexity index is 479. The highest BCUT2D eigenvalue weighted by Crippen LogP contribution is 2.40. The standard InChI is InChI=1S/C15H22ClN3/c1-9(2)19(8-11-4-5-11)15-10(3)13(16)17-14(18-15)12-6-7-12/h9,11-12H,4-8H2,1-3H3. The van der Waals surface area contributed by atoms with Gasteiger partial charge in [0.15, 0.2) is 0 Å². The zero-order chi connectivity index (χ0) is 13.6. The van der Waals surface area contributed by atoms with Crippen LogP contribution in [0.3, 0.4) is 0 Å². The van der Waals surface area contributed by atoms with E-state index in [2.05, 4.69) is 23.7 Å². The van der Waals surface area contributed by atoms with Gasteiger partial charge in [0.1, 0.15) is 16.8 Å². The van der Waals surface area contributed by atoms with Gasteiger partial charge in [-0.2, -0.15) is 0 Å². The number of rotatable bonds is 5. The Labute approximate surface area is 120 Å². The summed E-state index contributed by atoms with van der Waals surface area (Å²) in [5.41, 5.74) is 1.03. The first-order chi connectivity index (χ1) is 9.06. The SMILES string of the molecule is Cc1c(Cl)nc(C2CC2)nc1N(CC1CC1)C(C)C. The van der Waals surface area contributed by atoms with E-state index in [4.69, 9.17) is 16.6 Å². The molecule has 0 aromatic carbocycles. The maximum atomic E-state index is 6.31. The van der Waals surface area contributed by atoms with Crippen LogP contribution in [0.25, 0.3) is 0 Å². The van der Waals surface area contributed by atoms with Crippen LogP contribution in [0, 0.1) is 12.8 Å². The Morgan fingerprint density at radius 1 is 1.21 bits per heavy atom. The van der Waals surface area contributed by atoms with Gasteiger partial charge >= 0.3 is 0 Å². The lowest BCUT2D eigenvalue weighted by atomic mass is 10.2. The van der Waals surface area contributed by atoms with E-state index >= 15 is 0 Å². The maximum Gasteiger partial charge on any atom is 0.137 e. The Morgan fingerprint density at radius 3 is 2.42 bits per heavy atom. The fourth-order valence-corrected chi connectivity index (χ4v) is 2.59. The van der Waals surface area contributed by atoms with E-state index in [0.717, 1.165) is 29.7 Å². The summed E-state index contributed by atoms with van der Waals surface area (Å²) in [6, 6.07) is 0.456. The van der Waals surface area contributed by atoms with Gasteiger partial charge in [-0.1, -0.05) is 11.6 Å².